The molecule has 17 heavy (non-hydrogen) atoms. The molecule has 0 aliphatic carbocycles. The summed E-state index contributed by atoms with van der Waals surface area (Å²) in [5, 5.41) is 9.55. The number of benzene rings is 1. The third-order valence-corrected chi connectivity index (χ3v) is 4.38. The quantitative estimate of drug-likeness (QED) is 0.837. The molecule has 3 nitrogen and oxygen atoms in total. The molecule has 0 radical (unpaired) electrons. The fourth-order valence-corrected chi connectivity index (χ4v) is 3.00. The molecule has 0 atom stereocenters. The van der Waals surface area contributed by atoms with Gasteiger partial charge in [0.05, 0.1) is 10.5 Å². The summed E-state index contributed by atoms with van der Waals surface area (Å²) in [5.74, 6) is 0.807. The van der Waals surface area contributed by atoms with E-state index in [2.05, 4.69) is 0 Å². The average Bonchev–Trinajstić information content (AvgIpc) is 2.15. The lowest BCUT2D eigenvalue weighted by molar-refractivity contribution is 0.0777. The number of rotatable bonds is 5. The second kappa shape index (κ2) is 5.42. The Kier molecular flexibility index (Phi) is 4.63. The Bertz CT molecular complexity index is 456. The second-order valence-corrected chi connectivity index (χ2v) is 7.84. The van der Waals surface area contributed by atoms with Crippen LogP contribution in [0, 0.1) is 0 Å². The van der Waals surface area contributed by atoms with Crippen molar-refractivity contribution in [3.63, 3.8) is 0 Å². The number of aliphatic hydroxyl groups is 1. The van der Waals surface area contributed by atoms with Gasteiger partial charge in [-0.2, -0.15) is 0 Å². The molecule has 0 aliphatic heterocycles. The van der Waals surface area contributed by atoms with Crippen molar-refractivity contribution in [1.82, 2.24) is 0 Å². The van der Waals surface area contributed by atoms with Gasteiger partial charge < -0.3 is 5.11 Å². The van der Waals surface area contributed by atoms with E-state index in [1.165, 1.54) is 6.26 Å². The highest BCUT2D eigenvalue weighted by molar-refractivity contribution is 7.99. The average molecular weight is 274 g/mol. The van der Waals surface area contributed by atoms with Crippen molar-refractivity contribution in [2.45, 2.75) is 35.7 Å². The molecule has 1 aromatic rings. The van der Waals surface area contributed by atoms with Crippen LogP contribution >= 0.6 is 11.8 Å². The van der Waals surface area contributed by atoms with E-state index < -0.39 is 15.4 Å². The fraction of sp³-hybridized carbons (Fsp3) is 0.500. The number of hydrogen-bond acceptors (Lipinski definition) is 4. The first kappa shape index (κ1) is 14.5. The Morgan fingerprint density at radius 3 is 2.18 bits per heavy atom. The van der Waals surface area contributed by atoms with Gasteiger partial charge in [0.15, 0.2) is 9.84 Å². The summed E-state index contributed by atoms with van der Waals surface area (Å²) in [5.41, 5.74) is -0.653. The van der Waals surface area contributed by atoms with Crippen LogP contribution in [0.1, 0.15) is 20.3 Å². The topological polar surface area (TPSA) is 54.4 Å². The van der Waals surface area contributed by atoms with Gasteiger partial charge in [0.1, 0.15) is 0 Å². The summed E-state index contributed by atoms with van der Waals surface area (Å²) in [4.78, 5) is 1.35. The van der Waals surface area contributed by atoms with Gasteiger partial charge >= 0.3 is 0 Å². The summed E-state index contributed by atoms with van der Waals surface area (Å²) in [6.07, 6.45) is 1.90. The third kappa shape index (κ3) is 5.57. The lowest BCUT2D eigenvalue weighted by Gasteiger charge is -2.16. The normalized spacial score (nSPS) is 12.7. The van der Waals surface area contributed by atoms with Crippen molar-refractivity contribution in [2.75, 3.05) is 12.0 Å². The summed E-state index contributed by atoms with van der Waals surface area (Å²) < 4.78 is 22.5. The molecule has 0 aliphatic rings. The maximum atomic E-state index is 11.2. The van der Waals surface area contributed by atoms with Crippen molar-refractivity contribution in [1.29, 1.82) is 0 Å². The molecule has 0 saturated carbocycles. The van der Waals surface area contributed by atoms with Crippen molar-refractivity contribution >= 4 is 21.6 Å². The molecule has 1 aromatic carbocycles. The zero-order valence-corrected chi connectivity index (χ0v) is 11.9. The highest BCUT2D eigenvalue weighted by Crippen LogP contribution is 2.23. The first-order valence-corrected chi connectivity index (χ1v) is 8.21. The predicted octanol–water partition coefficient (Wildman–Crippen LogP) is 2.34. The van der Waals surface area contributed by atoms with Gasteiger partial charge in [0.2, 0.25) is 0 Å². The Morgan fingerprint density at radius 2 is 1.76 bits per heavy atom. The SMILES string of the molecule is CC(C)(O)CCSc1ccc(S(C)(=O)=O)cc1. The number of hydrogen-bond donors (Lipinski definition) is 1. The van der Waals surface area contributed by atoms with E-state index in [9.17, 15) is 13.5 Å². The van der Waals surface area contributed by atoms with Crippen LogP contribution < -0.4 is 0 Å². The van der Waals surface area contributed by atoms with Gasteiger partial charge in [-0.15, -0.1) is 11.8 Å². The minimum absolute atomic E-state index is 0.337. The molecule has 0 aromatic heterocycles. The molecule has 0 spiro atoms. The van der Waals surface area contributed by atoms with Gasteiger partial charge in [-0.3, -0.25) is 0 Å². The van der Waals surface area contributed by atoms with Gasteiger partial charge in [-0.05, 0) is 44.5 Å². The Balaban J connectivity index is 2.58. The maximum absolute atomic E-state index is 11.2. The van der Waals surface area contributed by atoms with Crippen LogP contribution in [0.4, 0.5) is 0 Å². The summed E-state index contributed by atoms with van der Waals surface area (Å²) in [7, 11) is -3.11. The van der Waals surface area contributed by atoms with E-state index in [4.69, 9.17) is 0 Å². The zero-order chi connectivity index (χ0) is 13.1. The molecule has 0 heterocycles. The van der Waals surface area contributed by atoms with Crippen LogP contribution in [-0.4, -0.2) is 31.1 Å². The van der Waals surface area contributed by atoms with E-state index in [-0.39, 0.29) is 0 Å². The second-order valence-electron chi connectivity index (χ2n) is 4.65. The lowest BCUT2D eigenvalue weighted by Crippen LogP contribution is -2.18. The molecule has 0 unspecified atom stereocenters. The number of thioether (sulfide) groups is 1. The molecular formula is C12H18O3S2. The molecule has 0 bridgehead atoms. The smallest absolute Gasteiger partial charge is 0.175 e. The van der Waals surface area contributed by atoms with Crippen LogP contribution in [0.3, 0.4) is 0 Å². The minimum Gasteiger partial charge on any atom is -0.390 e. The van der Waals surface area contributed by atoms with E-state index in [0.29, 0.717) is 11.3 Å². The predicted molar refractivity (Wildman–Crippen MR) is 71.2 cm³/mol. The minimum atomic E-state index is -3.11. The Labute approximate surface area is 107 Å². The molecule has 96 valence electrons. The van der Waals surface area contributed by atoms with Gasteiger partial charge in [0.25, 0.3) is 0 Å². The van der Waals surface area contributed by atoms with E-state index in [1.807, 2.05) is 0 Å². The van der Waals surface area contributed by atoms with Gasteiger partial charge in [0, 0.05) is 16.9 Å². The van der Waals surface area contributed by atoms with Crippen LogP contribution in [0.5, 0.6) is 0 Å². The molecular weight excluding hydrogens is 256 g/mol. The van der Waals surface area contributed by atoms with E-state index in [1.54, 1.807) is 49.9 Å². The first-order valence-electron chi connectivity index (χ1n) is 5.34. The van der Waals surface area contributed by atoms with Crippen LogP contribution in [0.25, 0.3) is 0 Å². The summed E-state index contributed by atoms with van der Waals surface area (Å²) in [6.45, 7) is 3.56. The van der Waals surface area contributed by atoms with Crippen molar-refractivity contribution in [2.24, 2.45) is 0 Å². The first-order chi connectivity index (χ1) is 7.68. The standard InChI is InChI=1S/C12H18O3S2/c1-12(2,13)8-9-16-10-4-6-11(7-5-10)17(3,14)15/h4-7,13H,8-9H2,1-3H3. The van der Waals surface area contributed by atoms with Crippen LogP contribution in [-0.2, 0) is 9.84 Å². The summed E-state index contributed by atoms with van der Waals surface area (Å²) >= 11 is 1.61. The van der Waals surface area contributed by atoms with Crippen molar-refractivity contribution < 1.29 is 13.5 Å². The van der Waals surface area contributed by atoms with Gasteiger partial charge in [-0.25, -0.2) is 8.42 Å². The molecule has 0 fully saturated rings. The molecule has 0 amide bonds. The van der Waals surface area contributed by atoms with E-state index in [0.717, 1.165) is 10.6 Å². The third-order valence-electron chi connectivity index (χ3n) is 2.23. The maximum Gasteiger partial charge on any atom is 0.175 e. The summed E-state index contributed by atoms with van der Waals surface area (Å²) in [6, 6.07) is 6.82. The molecule has 0 saturated heterocycles. The zero-order valence-electron chi connectivity index (χ0n) is 10.3. The van der Waals surface area contributed by atoms with E-state index >= 15 is 0 Å². The van der Waals surface area contributed by atoms with Crippen molar-refractivity contribution in [3.8, 4) is 0 Å². The molecule has 1 rings (SSSR count). The molecule has 5 heteroatoms. The van der Waals surface area contributed by atoms with Crippen molar-refractivity contribution in [3.05, 3.63) is 24.3 Å². The fourth-order valence-electron chi connectivity index (χ4n) is 1.20. The monoisotopic (exact) mass is 274 g/mol. The highest BCUT2D eigenvalue weighted by atomic mass is 32.2. The Morgan fingerprint density at radius 1 is 1.24 bits per heavy atom. The van der Waals surface area contributed by atoms with Crippen LogP contribution in [0.2, 0.25) is 0 Å². The largest absolute Gasteiger partial charge is 0.390 e. The Hall–Kier alpha value is -0.520. The molecule has 1 N–H and O–H groups in total. The van der Waals surface area contributed by atoms with Crippen LogP contribution in [0.15, 0.2) is 34.1 Å². The lowest BCUT2D eigenvalue weighted by atomic mass is 10.1. The number of sulfone groups is 1. The van der Waals surface area contributed by atoms with Gasteiger partial charge in [-0.1, -0.05) is 0 Å². The highest BCUT2D eigenvalue weighted by Gasteiger charge is 2.12.